The van der Waals surface area contributed by atoms with E-state index in [1.165, 1.54) is 0 Å². The maximum atomic E-state index is 13.3. The monoisotopic (exact) mass is 540 g/mol. The highest BCUT2D eigenvalue weighted by Gasteiger charge is 2.27. The number of carbonyl (C=O) groups is 2. The van der Waals surface area contributed by atoms with Gasteiger partial charge in [-0.1, -0.05) is 35.9 Å². The van der Waals surface area contributed by atoms with Crippen LogP contribution in [0.25, 0.3) is 11.0 Å². The Morgan fingerprint density at radius 1 is 1.00 bits per heavy atom. The van der Waals surface area contributed by atoms with E-state index < -0.39 is 5.97 Å². The fraction of sp³-hybridized carbons (Fsp3) is 0.400. The molecule has 5 aliphatic rings. The van der Waals surface area contributed by atoms with Gasteiger partial charge in [0, 0.05) is 31.6 Å². The predicted molar refractivity (Wildman–Crippen MR) is 147 cm³/mol. The SMILES string of the molecule is Cc1c2ccc3c1nnn3CCCCCCOc1ccc(nn1)C(=O)N1CCc3ccc(cc3C1)C2CC(=O)O. The number of carboxylic acid groups (broad SMARTS) is 1. The fourth-order valence-corrected chi connectivity index (χ4v) is 5.84. The van der Waals surface area contributed by atoms with Crippen LogP contribution in [0.5, 0.6) is 5.88 Å². The maximum absolute atomic E-state index is 13.3. The second kappa shape index (κ2) is 11.0. The number of aryl methyl sites for hydroxylation is 2. The number of hydrogen-bond donors (Lipinski definition) is 1. The van der Waals surface area contributed by atoms with Gasteiger partial charge in [-0.2, -0.15) is 0 Å². The summed E-state index contributed by atoms with van der Waals surface area (Å²) < 4.78 is 7.68. The molecule has 10 heteroatoms. The molecule has 0 spiro atoms. The number of rotatable bonds is 2. The minimum absolute atomic E-state index is 0.0497. The lowest BCUT2D eigenvalue weighted by atomic mass is 9.83. The van der Waals surface area contributed by atoms with E-state index in [1.54, 1.807) is 17.0 Å². The molecule has 7 heterocycles. The Balaban J connectivity index is 1.39. The molecule has 1 atom stereocenters. The summed E-state index contributed by atoms with van der Waals surface area (Å²) in [6, 6.07) is 13.6. The summed E-state index contributed by atoms with van der Waals surface area (Å²) >= 11 is 0. The molecule has 9 rings (SSSR count). The average molecular weight is 541 g/mol. The van der Waals surface area contributed by atoms with Crippen molar-refractivity contribution in [2.24, 2.45) is 0 Å². The smallest absolute Gasteiger partial charge is 0.304 e. The Bertz CT molecular complexity index is 1560. The van der Waals surface area contributed by atoms with Gasteiger partial charge in [0.2, 0.25) is 5.88 Å². The Morgan fingerprint density at radius 2 is 1.88 bits per heavy atom. The van der Waals surface area contributed by atoms with Crippen LogP contribution in [0, 0.1) is 6.92 Å². The van der Waals surface area contributed by atoms with Gasteiger partial charge >= 0.3 is 5.97 Å². The second-order valence-corrected chi connectivity index (χ2v) is 10.6. The lowest BCUT2D eigenvalue weighted by Crippen LogP contribution is -2.36. The van der Waals surface area contributed by atoms with E-state index in [-0.39, 0.29) is 23.9 Å². The van der Waals surface area contributed by atoms with Gasteiger partial charge in [-0.3, -0.25) is 9.59 Å². The highest BCUT2D eigenvalue weighted by Crippen LogP contribution is 2.35. The molecule has 0 saturated carbocycles. The summed E-state index contributed by atoms with van der Waals surface area (Å²) in [4.78, 5) is 27.1. The summed E-state index contributed by atoms with van der Waals surface area (Å²) in [7, 11) is 0. The first-order chi connectivity index (χ1) is 19.5. The molecule has 2 aromatic heterocycles. The summed E-state index contributed by atoms with van der Waals surface area (Å²) in [5, 5.41) is 27.0. The predicted octanol–water partition coefficient (Wildman–Crippen LogP) is 4.29. The van der Waals surface area contributed by atoms with Gasteiger partial charge in [0.15, 0.2) is 5.69 Å². The number of amides is 1. The van der Waals surface area contributed by atoms with E-state index in [4.69, 9.17) is 4.74 Å². The van der Waals surface area contributed by atoms with Crippen molar-refractivity contribution >= 4 is 22.9 Å². The van der Waals surface area contributed by atoms with Crippen molar-refractivity contribution in [1.82, 2.24) is 30.1 Å². The van der Waals surface area contributed by atoms with Crippen molar-refractivity contribution in [2.75, 3.05) is 13.2 Å². The molecular weight excluding hydrogens is 508 g/mol. The first-order valence-corrected chi connectivity index (χ1v) is 13.9. The van der Waals surface area contributed by atoms with E-state index in [0.29, 0.717) is 32.0 Å². The number of carboxylic acids is 1. The summed E-state index contributed by atoms with van der Waals surface area (Å²) in [5.41, 5.74) is 7.01. The average Bonchev–Trinajstić information content (AvgIpc) is 3.38. The topological polar surface area (TPSA) is 123 Å². The first kappa shape index (κ1) is 25.9. The Morgan fingerprint density at radius 3 is 2.70 bits per heavy atom. The molecule has 1 unspecified atom stereocenters. The van der Waals surface area contributed by atoms with Gasteiger partial charge in [-0.05, 0) is 72.6 Å². The van der Waals surface area contributed by atoms with Crippen LogP contribution in [0.15, 0.2) is 42.5 Å². The van der Waals surface area contributed by atoms with Gasteiger partial charge in [0.1, 0.15) is 5.52 Å². The first-order valence-electron chi connectivity index (χ1n) is 13.9. The van der Waals surface area contributed by atoms with E-state index in [2.05, 4.69) is 32.6 Å². The van der Waals surface area contributed by atoms with Crippen molar-refractivity contribution in [3.8, 4) is 5.88 Å². The van der Waals surface area contributed by atoms with Crippen molar-refractivity contribution in [3.63, 3.8) is 0 Å². The van der Waals surface area contributed by atoms with E-state index >= 15 is 0 Å². The largest absolute Gasteiger partial charge is 0.481 e. The molecule has 10 nitrogen and oxygen atoms in total. The lowest BCUT2D eigenvalue weighted by molar-refractivity contribution is -0.137. The molecule has 0 fully saturated rings. The number of benzene rings is 2. The number of ether oxygens (including phenoxy) is 1. The molecule has 0 aliphatic carbocycles. The Hall–Kier alpha value is -4.34. The van der Waals surface area contributed by atoms with Crippen LogP contribution in [-0.2, 0) is 24.3 Å². The summed E-state index contributed by atoms with van der Waals surface area (Å²) in [5.74, 6) is -0.994. The highest BCUT2D eigenvalue weighted by atomic mass is 16.5. The molecule has 0 saturated heterocycles. The van der Waals surface area contributed by atoms with E-state index in [1.807, 2.05) is 29.8 Å². The van der Waals surface area contributed by atoms with Gasteiger partial charge < -0.3 is 14.7 Å². The highest BCUT2D eigenvalue weighted by molar-refractivity contribution is 5.92. The van der Waals surface area contributed by atoms with Crippen LogP contribution in [0.1, 0.15) is 76.3 Å². The third kappa shape index (κ3) is 5.13. The van der Waals surface area contributed by atoms with Crippen LogP contribution < -0.4 is 4.74 Å². The van der Waals surface area contributed by atoms with Crippen molar-refractivity contribution in [2.45, 2.75) is 64.5 Å². The number of aromatic nitrogens is 5. The zero-order valence-corrected chi connectivity index (χ0v) is 22.5. The van der Waals surface area contributed by atoms with Gasteiger partial charge in [-0.25, -0.2) is 4.68 Å². The summed E-state index contributed by atoms with van der Waals surface area (Å²) in [6.45, 7) is 4.30. The van der Waals surface area contributed by atoms with Crippen LogP contribution in [0.4, 0.5) is 0 Å². The minimum atomic E-state index is -0.869. The quantitative estimate of drug-likeness (QED) is 0.400. The molecule has 1 amide bonds. The lowest BCUT2D eigenvalue weighted by Gasteiger charge is -2.30. The Labute approximate surface area is 232 Å². The zero-order valence-electron chi connectivity index (χ0n) is 22.5. The molecular formula is C30H32N6O4. The molecule has 0 radical (unpaired) electrons. The fourth-order valence-electron chi connectivity index (χ4n) is 5.84. The van der Waals surface area contributed by atoms with Crippen molar-refractivity contribution < 1.29 is 19.4 Å². The number of nitrogens with zero attached hydrogens (tertiary/aromatic N) is 6. The third-order valence-electron chi connectivity index (χ3n) is 8.04. The molecule has 206 valence electrons. The van der Waals surface area contributed by atoms with Crippen LogP contribution in [0.2, 0.25) is 0 Å². The van der Waals surface area contributed by atoms with Gasteiger partial charge in [0.25, 0.3) is 5.91 Å². The molecule has 9 bridgehead atoms. The van der Waals surface area contributed by atoms with Crippen LogP contribution >= 0.6 is 0 Å². The van der Waals surface area contributed by atoms with E-state index in [9.17, 15) is 14.7 Å². The van der Waals surface area contributed by atoms with Crippen molar-refractivity contribution in [1.29, 1.82) is 0 Å². The van der Waals surface area contributed by atoms with Gasteiger partial charge in [0.05, 0.1) is 18.5 Å². The zero-order chi connectivity index (χ0) is 27.6. The number of carbonyl (C=O) groups excluding carboxylic acids is 1. The number of hydrogen-bond acceptors (Lipinski definition) is 7. The Kier molecular flexibility index (Phi) is 7.15. The van der Waals surface area contributed by atoms with Crippen LogP contribution in [0.3, 0.4) is 0 Å². The van der Waals surface area contributed by atoms with Crippen LogP contribution in [-0.4, -0.2) is 60.2 Å². The second-order valence-electron chi connectivity index (χ2n) is 10.6. The maximum Gasteiger partial charge on any atom is 0.304 e. The molecule has 40 heavy (non-hydrogen) atoms. The third-order valence-corrected chi connectivity index (χ3v) is 8.04. The standard InChI is InChI=1S/C30H32N6O4/c1-19-23-8-10-26-29(19)33-34-36(26)13-4-2-3-5-15-40-27-11-9-25(31-32-27)30(39)35-14-12-20-6-7-21(16-22(20)18-35)24(23)17-28(37)38/h6-11,16,24H,2-5,12-15,17-18H2,1H3,(H,37,38). The van der Waals surface area contributed by atoms with E-state index in [0.717, 1.165) is 71.1 Å². The normalized spacial score (nSPS) is 18.0. The number of aliphatic carboxylic acids is 1. The molecule has 1 N–H and O–H groups in total. The van der Waals surface area contributed by atoms with Crippen molar-refractivity contribution in [3.05, 3.63) is 76.0 Å². The molecule has 2 aromatic carbocycles. The summed E-state index contributed by atoms with van der Waals surface area (Å²) in [6.07, 6.45) is 4.55. The van der Waals surface area contributed by atoms with Gasteiger partial charge in [-0.15, -0.1) is 15.3 Å². The minimum Gasteiger partial charge on any atom is -0.481 e. The molecule has 4 aromatic rings. The molecule has 5 aliphatic heterocycles.